The summed E-state index contributed by atoms with van der Waals surface area (Å²) < 4.78 is 15.5. The van der Waals surface area contributed by atoms with E-state index >= 15 is 0 Å². The lowest BCUT2D eigenvalue weighted by Crippen LogP contribution is -2.39. The molecule has 1 aliphatic heterocycles. The zero-order chi connectivity index (χ0) is 20.2. The second-order valence-corrected chi connectivity index (χ2v) is 8.06. The standard InChI is InChI=1S/C22H27FN4O2/c23-17-7-4-8-18(12-17)26-20(28)14-25-22(29)16-9-10-27-19(11-16)13-24-21(27)15-5-2-1-3-6-15/h4,7-8,12-13,15-16H,1-3,5-6,9-11,14H2,(H,25,29)(H,26,28). The number of nitrogens with zero attached hydrogens (tertiary/aromatic N) is 2. The number of hydrogen-bond donors (Lipinski definition) is 2. The molecule has 6 nitrogen and oxygen atoms in total. The fourth-order valence-electron chi connectivity index (χ4n) is 4.48. The summed E-state index contributed by atoms with van der Waals surface area (Å²) in [5.41, 5.74) is 1.49. The molecule has 0 saturated heterocycles. The molecule has 0 bridgehead atoms. The summed E-state index contributed by atoms with van der Waals surface area (Å²) in [6, 6.07) is 5.68. The number of hydrogen-bond acceptors (Lipinski definition) is 3. The van der Waals surface area contributed by atoms with E-state index in [-0.39, 0.29) is 24.3 Å². The van der Waals surface area contributed by atoms with Gasteiger partial charge in [0.15, 0.2) is 0 Å². The molecule has 29 heavy (non-hydrogen) atoms. The molecule has 1 unspecified atom stereocenters. The maximum absolute atomic E-state index is 13.2. The van der Waals surface area contributed by atoms with E-state index in [0.29, 0.717) is 18.0 Å². The Balaban J connectivity index is 1.29. The number of carbonyl (C=O) groups excluding carboxylic acids is 2. The summed E-state index contributed by atoms with van der Waals surface area (Å²) in [6.07, 6.45) is 9.60. The molecule has 1 saturated carbocycles. The van der Waals surface area contributed by atoms with Crippen molar-refractivity contribution >= 4 is 17.5 Å². The largest absolute Gasteiger partial charge is 0.347 e. The first-order valence-electron chi connectivity index (χ1n) is 10.5. The highest BCUT2D eigenvalue weighted by atomic mass is 19.1. The Hall–Kier alpha value is -2.70. The van der Waals surface area contributed by atoms with Crippen molar-refractivity contribution in [3.63, 3.8) is 0 Å². The molecular weight excluding hydrogens is 371 g/mol. The average molecular weight is 398 g/mol. The normalized spacial score (nSPS) is 19.4. The molecule has 2 amide bonds. The monoisotopic (exact) mass is 398 g/mol. The third kappa shape index (κ3) is 4.66. The van der Waals surface area contributed by atoms with Gasteiger partial charge in [-0.25, -0.2) is 9.37 Å². The smallest absolute Gasteiger partial charge is 0.243 e. The van der Waals surface area contributed by atoms with Gasteiger partial charge in [-0.15, -0.1) is 0 Å². The van der Waals surface area contributed by atoms with Crippen LogP contribution in [0, 0.1) is 11.7 Å². The van der Waals surface area contributed by atoms with Crippen LogP contribution < -0.4 is 10.6 Å². The molecular formula is C22H27FN4O2. The van der Waals surface area contributed by atoms with Crippen LogP contribution in [0.4, 0.5) is 10.1 Å². The van der Waals surface area contributed by atoms with Gasteiger partial charge in [0.1, 0.15) is 11.6 Å². The number of amides is 2. The van der Waals surface area contributed by atoms with E-state index in [0.717, 1.165) is 18.7 Å². The molecule has 4 rings (SSSR count). The van der Waals surface area contributed by atoms with Gasteiger partial charge in [0.25, 0.3) is 0 Å². The molecule has 154 valence electrons. The molecule has 7 heteroatoms. The van der Waals surface area contributed by atoms with Crippen LogP contribution in [0.15, 0.2) is 30.5 Å². The molecule has 1 aliphatic carbocycles. The van der Waals surface area contributed by atoms with Crippen molar-refractivity contribution < 1.29 is 14.0 Å². The second-order valence-electron chi connectivity index (χ2n) is 8.06. The highest BCUT2D eigenvalue weighted by Gasteiger charge is 2.29. The minimum atomic E-state index is -0.418. The maximum atomic E-state index is 13.2. The number of anilines is 1. The van der Waals surface area contributed by atoms with Crippen LogP contribution in [-0.4, -0.2) is 27.9 Å². The fraction of sp³-hybridized carbons (Fsp3) is 0.500. The Morgan fingerprint density at radius 1 is 1.17 bits per heavy atom. The predicted octanol–water partition coefficient (Wildman–Crippen LogP) is 3.39. The van der Waals surface area contributed by atoms with E-state index in [2.05, 4.69) is 20.2 Å². The van der Waals surface area contributed by atoms with Gasteiger partial charge in [-0.3, -0.25) is 9.59 Å². The molecule has 1 aromatic carbocycles. The van der Waals surface area contributed by atoms with Gasteiger partial charge in [0, 0.05) is 42.4 Å². The third-order valence-corrected chi connectivity index (χ3v) is 6.00. The number of fused-ring (bicyclic) bond motifs is 1. The van der Waals surface area contributed by atoms with Gasteiger partial charge in [-0.1, -0.05) is 25.3 Å². The summed E-state index contributed by atoms with van der Waals surface area (Å²) in [4.78, 5) is 29.3. The SMILES string of the molecule is O=C(CNC(=O)C1CCn2c(cnc2C2CCCCC2)C1)Nc1cccc(F)c1. The van der Waals surface area contributed by atoms with Gasteiger partial charge in [-0.2, -0.15) is 0 Å². The lowest BCUT2D eigenvalue weighted by molar-refractivity contribution is -0.127. The van der Waals surface area contributed by atoms with Gasteiger partial charge in [0.05, 0.1) is 6.54 Å². The van der Waals surface area contributed by atoms with Gasteiger partial charge < -0.3 is 15.2 Å². The molecule has 0 radical (unpaired) electrons. The maximum Gasteiger partial charge on any atom is 0.243 e. The number of benzene rings is 1. The molecule has 1 atom stereocenters. The lowest BCUT2D eigenvalue weighted by Gasteiger charge is -2.27. The zero-order valence-electron chi connectivity index (χ0n) is 16.5. The predicted molar refractivity (Wildman–Crippen MR) is 108 cm³/mol. The number of aromatic nitrogens is 2. The number of nitrogens with one attached hydrogen (secondary N) is 2. The van der Waals surface area contributed by atoms with Crippen molar-refractivity contribution in [3.05, 3.63) is 47.8 Å². The van der Waals surface area contributed by atoms with Crippen molar-refractivity contribution in [1.82, 2.24) is 14.9 Å². The molecule has 2 aliphatic rings. The number of rotatable bonds is 5. The van der Waals surface area contributed by atoms with Crippen molar-refractivity contribution in [3.8, 4) is 0 Å². The van der Waals surface area contributed by atoms with Crippen LogP contribution in [0.2, 0.25) is 0 Å². The summed E-state index contributed by atoms with van der Waals surface area (Å²) >= 11 is 0. The first kappa shape index (κ1) is 19.6. The average Bonchev–Trinajstić information content (AvgIpc) is 3.16. The Bertz CT molecular complexity index is 889. The summed E-state index contributed by atoms with van der Waals surface area (Å²) in [5.74, 6) is 0.677. The first-order valence-corrected chi connectivity index (χ1v) is 10.5. The Morgan fingerprint density at radius 3 is 2.79 bits per heavy atom. The van der Waals surface area contributed by atoms with Crippen LogP contribution in [0.25, 0.3) is 0 Å². The van der Waals surface area contributed by atoms with Crippen molar-refractivity contribution in [1.29, 1.82) is 0 Å². The van der Waals surface area contributed by atoms with E-state index < -0.39 is 5.82 Å². The summed E-state index contributed by atoms with van der Waals surface area (Å²) in [6.45, 7) is 0.674. The summed E-state index contributed by atoms with van der Waals surface area (Å²) in [7, 11) is 0. The van der Waals surface area contributed by atoms with Crippen LogP contribution in [0.3, 0.4) is 0 Å². The Morgan fingerprint density at radius 2 is 2.00 bits per heavy atom. The minimum absolute atomic E-state index is 0.119. The van der Waals surface area contributed by atoms with Crippen LogP contribution in [-0.2, 0) is 22.6 Å². The lowest BCUT2D eigenvalue weighted by atomic mass is 9.88. The van der Waals surface area contributed by atoms with E-state index in [1.54, 1.807) is 6.07 Å². The van der Waals surface area contributed by atoms with Crippen molar-refractivity contribution in [2.45, 2.75) is 57.4 Å². The quantitative estimate of drug-likeness (QED) is 0.811. The molecule has 2 heterocycles. The summed E-state index contributed by atoms with van der Waals surface area (Å²) in [5, 5.41) is 5.30. The number of carbonyl (C=O) groups is 2. The topological polar surface area (TPSA) is 76.0 Å². The van der Waals surface area contributed by atoms with Crippen LogP contribution in [0.5, 0.6) is 0 Å². The highest BCUT2D eigenvalue weighted by molar-refractivity contribution is 5.94. The number of imidazole rings is 1. The van der Waals surface area contributed by atoms with E-state index in [1.165, 1.54) is 56.1 Å². The fourth-order valence-corrected chi connectivity index (χ4v) is 4.48. The third-order valence-electron chi connectivity index (χ3n) is 6.00. The van der Waals surface area contributed by atoms with Crippen molar-refractivity contribution in [2.24, 2.45) is 5.92 Å². The Labute approximate surface area is 169 Å². The minimum Gasteiger partial charge on any atom is -0.347 e. The Kier molecular flexibility index (Phi) is 5.92. The van der Waals surface area contributed by atoms with Gasteiger partial charge in [-0.05, 0) is 37.5 Å². The molecule has 1 fully saturated rings. The van der Waals surface area contributed by atoms with Crippen LogP contribution in [0.1, 0.15) is 56.0 Å². The van der Waals surface area contributed by atoms with E-state index in [1.807, 2.05) is 6.20 Å². The van der Waals surface area contributed by atoms with Crippen molar-refractivity contribution in [2.75, 3.05) is 11.9 Å². The highest BCUT2D eigenvalue weighted by Crippen LogP contribution is 2.34. The molecule has 2 aromatic rings. The van der Waals surface area contributed by atoms with E-state index in [4.69, 9.17) is 0 Å². The van der Waals surface area contributed by atoms with Gasteiger partial charge in [0.2, 0.25) is 11.8 Å². The second kappa shape index (κ2) is 8.76. The molecule has 2 N–H and O–H groups in total. The van der Waals surface area contributed by atoms with Gasteiger partial charge >= 0.3 is 0 Å². The number of halogens is 1. The first-order chi connectivity index (χ1) is 14.1. The molecule has 1 aromatic heterocycles. The molecule has 0 spiro atoms. The zero-order valence-corrected chi connectivity index (χ0v) is 16.5. The van der Waals surface area contributed by atoms with E-state index in [9.17, 15) is 14.0 Å². The van der Waals surface area contributed by atoms with Crippen LogP contribution >= 0.6 is 0 Å².